The third-order valence-electron chi connectivity index (χ3n) is 4.55. The fraction of sp³-hybridized carbons (Fsp3) is 0.545. The van der Waals surface area contributed by atoms with Gasteiger partial charge in [-0.05, 0) is 54.0 Å². The summed E-state index contributed by atoms with van der Waals surface area (Å²) in [6.45, 7) is 11.4. The third-order valence-corrected chi connectivity index (χ3v) is 4.55. The van der Waals surface area contributed by atoms with E-state index in [1.54, 1.807) is 54.5 Å². The Kier molecular flexibility index (Phi) is 6.87. The number of non-ortho nitro benzene ring substituents is 1. The van der Waals surface area contributed by atoms with Crippen LogP contribution in [0.2, 0.25) is 0 Å². The molecule has 3 amide bonds. The van der Waals surface area contributed by atoms with E-state index < -0.39 is 39.8 Å². The molecule has 0 saturated carbocycles. The summed E-state index contributed by atoms with van der Waals surface area (Å²) in [4.78, 5) is 55.8. The lowest BCUT2D eigenvalue weighted by atomic mass is 9.87. The van der Waals surface area contributed by atoms with Crippen LogP contribution in [0.3, 0.4) is 0 Å². The molecule has 180 valence electrons. The molecule has 0 saturated heterocycles. The van der Waals surface area contributed by atoms with Crippen LogP contribution in [-0.2, 0) is 19.8 Å². The molecule has 11 nitrogen and oxygen atoms in total. The van der Waals surface area contributed by atoms with Crippen molar-refractivity contribution in [2.75, 3.05) is 7.05 Å². The monoisotopic (exact) mass is 462 g/mol. The molecule has 1 heterocycles. The van der Waals surface area contributed by atoms with Gasteiger partial charge >= 0.3 is 12.2 Å². The zero-order valence-electron chi connectivity index (χ0n) is 20.2. The first-order valence-corrected chi connectivity index (χ1v) is 10.3. The van der Waals surface area contributed by atoms with Crippen LogP contribution in [0.5, 0.6) is 0 Å². The molecule has 0 fully saturated rings. The molecule has 1 aliphatic rings. The number of carbonyl (C=O) groups is 3. The molecule has 0 aromatic heterocycles. The highest BCUT2D eigenvalue weighted by atomic mass is 16.6. The van der Waals surface area contributed by atoms with Gasteiger partial charge in [0.2, 0.25) is 11.9 Å². The quantitative estimate of drug-likeness (QED) is 0.475. The number of aliphatic imine (C=N–C) groups is 1. The highest BCUT2D eigenvalue weighted by Gasteiger charge is 2.44. The first-order chi connectivity index (χ1) is 14.9. The van der Waals surface area contributed by atoms with Crippen LogP contribution in [0.25, 0.3) is 0 Å². The van der Waals surface area contributed by atoms with Crippen LogP contribution in [0.15, 0.2) is 29.3 Å². The molecule has 0 bridgehead atoms. The average molecular weight is 463 g/mol. The van der Waals surface area contributed by atoms with Crippen molar-refractivity contribution >= 4 is 29.7 Å². The third kappa shape index (κ3) is 6.27. The second-order valence-corrected chi connectivity index (χ2v) is 9.92. The number of hydrogen-bond acceptors (Lipinski definition) is 8. The first kappa shape index (κ1) is 25.8. The summed E-state index contributed by atoms with van der Waals surface area (Å²) < 4.78 is 10.7. The molecule has 1 unspecified atom stereocenters. The van der Waals surface area contributed by atoms with E-state index in [1.165, 1.54) is 25.2 Å². The number of amides is 3. The molecule has 0 spiro atoms. The lowest BCUT2D eigenvalue weighted by molar-refractivity contribution is -0.385. The van der Waals surface area contributed by atoms with Crippen LogP contribution < -0.4 is 0 Å². The van der Waals surface area contributed by atoms with Crippen LogP contribution in [0, 0.1) is 10.1 Å². The van der Waals surface area contributed by atoms with Crippen molar-refractivity contribution in [2.24, 2.45) is 4.99 Å². The molecular weight excluding hydrogens is 432 g/mol. The number of nitro groups is 1. The Labute approximate surface area is 192 Å². The summed E-state index contributed by atoms with van der Waals surface area (Å²) in [5.41, 5.74) is -2.97. The molecule has 1 aromatic rings. The van der Waals surface area contributed by atoms with Gasteiger partial charge in [-0.15, -0.1) is 4.90 Å². The largest absolute Gasteiger partial charge is 0.443 e. The Morgan fingerprint density at radius 1 is 1.12 bits per heavy atom. The molecule has 2 rings (SSSR count). The van der Waals surface area contributed by atoms with E-state index >= 15 is 0 Å². The Morgan fingerprint density at radius 3 is 2.09 bits per heavy atom. The minimum absolute atomic E-state index is 0.134. The van der Waals surface area contributed by atoms with Crippen molar-refractivity contribution in [2.45, 2.75) is 71.6 Å². The van der Waals surface area contributed by atoms with Crippen LogP contribution in [-0.4, -0.2) is 57.0 Å². The maximum Gasteiger partial charge on any atom is 0.427 e. The summed E-state index contributed by atoms with van der Waals surface area (Å²) in [6.07, 6.45) is -2.28. The van der Waals surface area contributed by atoms with Gasteiger partial charge in [0.15, 0.2) is 0 Å². The van der Waals surface area contributed by atoms with Gasteiger partial charge in [0.05, 0.1) is 16.9 Å². The van der Waals surface area contributed by atoms with E-state index in [0.717, 1.165) is 4.90 Å². The molecule has 1 atom stereocenters. The highest BCUT2D eigenvalue weighted by Crippen LogP contribution is 2.36. The number of imide groups is 1. The highest BCUT2D eigenvalue weighted by molar-refractivity contribution is 6.13. The average Bonchev–Trinajstić information content (AvgIpc) is 2.63. The van der Waals surface area contributed by atoms with Gasteiger partial charge < -0.3 is 9.47 Å². The summed E-state index contributed by atoms with van der Waals surface area (Å²) >= 11 is 0. The minimum Gasteiger partial charge on any atom is -0.443 e. The van der Waals surface area contributed by atoms with Gasteiger partial charge in [0.25, 0.3) is 5.69 Å². The number of benzene rings is 1. The summed E-state index contributed by atoms with van der Waals surface area (Å²) in [7, 11) is 1.37. The van der Waals surface area contributed by atoms with Gasteiger partial charge in [-0.1, -0.05) is 12.1 Å². The topological polar surface area (TPSA) is 132 Å². The van der Waals surface area contributed by atoms with Crippen molar-refractivity contribution in [3.05, 3.63) is 39.9 Å². The standard InChI is InChI=1S/C22H30N4O7/c1-20(2,3)32-18(28)25(19(29)33-21(4,5)6)17-23-22(7,13-16(27)24(17)8)14-10-9-11-15(12-14)26(30)31/h9-12H,13H2,1-8H3. The Balaban J connectivity index is 2.65. The van der Waals surface area contributed by atoms with E-state index in [2.05, 4.69) is 4.99 Å². The Morgan fingerprint density at radius 2 is 1.64 bits per heavy atom. The van der Waals surface area contributed by atoms with Crippen LogP contribution in [0.1, 0.15) is 60.5 Å². The molecule has 11 heteroatoms. The van der Waals surface area contributed by atoms with Crippen molar-refractivity contribution in [1.29, 1.82) is 0 Å². The van der Waals surface area contributed by atoms with Gasteiger partial charge in [0.1, 0.15) is 11.2 Å². The zero-order valence-corrected chi connectivity index (χ0v) is 20.2. The van der Waals surface area contributed by atoms with E-state index in [-0.39, 0.29) is 18.1 Å². The number of hydrogen-bond donors (Lipinski definition) is 0. The summed E-state index contributed by atoms with van der Waals surface area (Å²) in [5.74, 6) is -0.755. The normalized spacial score (nSPS) is 19.0. The summed E-state index contributed by atoms with van der Waals surface area (Å²) in [6, 6.07) is 5.71. The van der Waals surface area contributed by atoms with Gasteiger partial charge in [-0.2, -0.15) is 0 Å². The molecule has 0 N–H and O–H groups in total. The number of carbonyl (C=O) groups excluding carboxylic acids is 3. The van der Waals surface area contributed by atoms with Crippen molar-refractivity contribution < 1.29 is 28.8 Å². The predicted octanol–water partition coefficient (Wildman–Crippen LogP) is 4.20. The Hall–Kier alpha value is -3.50. The van der Waals surface area contributed by atoms with E-state index in [1.807, 2.05) is 0 Å². The molecule has 1 aromatic carbocycles. The SMILES string of the molecule is CN1C(=O)CC(C)(c2cccc([N+](=O)[O-])c2)N=C1N(C(=O)OC(C)(C)C)C(=O)OC(C)(C)C. The van der Waals surface area contributed by atoms with Gasteiger partial charge in [0, 0.05) is 19.2 Å². The van der Waals surface area contributed by atoms with Gasteiger partial charge in [-0.25, -0.2) is 14.6 Å². The molecule has 0 aliphatic carbocycles. The molecular formula is C22H30N4O7. The predicted molar refractivity (Wildman–Crippen MR) is 120 cm³/mol. The van der Waals surface area contributed by atoms with Crippen molar-refractivity contribution in [1.82, 2.24) is 9.80 Å². The van der Waals surface area contributed by atoms with E-state index in [0.29, 0.717) is 10.5 Å². The van der Waals surface area contributed by atoms with E-state index in [9.17, 15) is 24.5 Å². The fourth-order valence-corrected chi connectivity index (χ4v) is 3.03. The number of nitro benzene ring substituents is 1. The zero-order chi connectivity index (χ0) is 25.4. The Bertz CT molecular complexity index is 979. The van der Waals surface area contributed by atoms with E-state index in [4.69, 9.17) is 9.47 Å². The van der Waals surface area contributed by atoms with Gasteiger partial charge in [-0.3, -0.25) is 19.8 Å². The fourth-order valence-electron chi connectivity index (χ4n) is 3.03. The number of guanidine groups is 1. The lowest BCUT2D eigenvalue weighted by Crippen LogP contribution is -2.56. The maximum atomic E-state index is 13.0. The summed E-state index contributed by atoms with van der Waals surface area (Å²) in [5, 5.41) is 11.2. The van der Waals surface area contributed by atoms with Crippen LogP contribution >= 0.6 is 0 Å². The van der Waals surface area contributed by atoms with Crippen LogP contribution in [0.4, 0.5) is 15.3 Å². The smallest absolute Gasteiger partial charge is 0.427 e. The first-order valence-electron chi connectivity index (χ1n) is 10.3. The van der Waals surface area contributed by atoms with Crippen molar-refractivity contribution in [3.8, 4) is 0 Å². The second-order valence-electron chi connectivity index (χ2n) is 9.92. The van der Waals surface area contributed by atoms with Crippen molar-refractivity contribution in [3.63, 3.8) is 0 Å². The number of nitrogens with zero attached hydrogens (tertiary/aromatic N) is 4. The number of ether oxygens (including phenoxy) is 2. The lowest BCUT2D eigenvalue weighted by Gasteiger charge is -2.38. The molecule has 0 radical (unpaired) electrons. The molecule has 1 aliphatic heterocycles. The second kappa shape index (κ2) is 8.80. The molecule has 33 heavy (non-hydrogen) atoms. The maximum absolute atomic E-state index is 13.0. The number of rotatable bonds is 2. The minimum atomic E-state index is -1.28.